The summed E-state index contributed by atoms with van der Waals surface area (Å²) >= 11 is 0. The molecule has 4 rings (SSSR count). The number of ether oxygens (including phenoxy) is 1. The van der Waals surface area contributed by atoms with Crippen LogP contribution in [0.5, 0.6) is 5.75 Å². The third-order valence-electron chi connectivity index (χ3n) is 5.14. The third kappa shape index (κ3) is 5.79. The lowest BCUT2D eigenvalue weighted by Gasteiger charge is -2.22. The first-order valence-electron chi connectivity index (χ1n) is 10.3. The number of anilines is 2. The van der Waals surface area contributed by atoms with Crippen LogP contribution in [0.3, 0.4) is 0 Å². The second kappa shape index (κ2) is 10.0. The zero-order valence-corrected chi connectivity index (χ0v) is 17.0. The van der Waals surface area contributed by atoms with Gasteiger partial charge in [-0.3, -0.25) is 10.1 Å². The van der Waals surface area contributed by atoms with Gasteiger partial charge in [-0.05, 0) is 72.7 Å². The Morgan fingerprint density at radius 1 is 1.26 bits per heavy atom. The normalized spacial score (nSPS) is 14.5. The van der Waals surface area contributed by atoms with E-state index in [-0.39, 0.29) is 35.7 Å². The predicted molar refractivity (Wildman–Crippen MR) is 111 cm³/mol. The van der Waals surface area contributed by atoms with E-state index in [1.54, 1.807) is 0 Å². The first-order chi connectivity index (χ1) is 15.2. The molecule has 1 amide bonds. The van der Waals surface area contributed by atoms with Crippen molar-refractivity contribution in [3.63, 3.8) is 0 Å². The molecule has 0 radical (unpaired) electrons. The van der Waals surface area contributed by atoms with E-state index in [1.165, 1.54) is 19.3 Å². The van der Waals surface area contributed by atoms with Crippen molar-refractivity contribution >= 4 is 17.7 Å². The Kier molecular flexibility index (Phi) is 6.72. The Labute approximate surface area is 178 Å². The van der Waals surface area contributed by atoms with Crippen molar-refractivity contribution in [2.75, 3.05) is 30.7 Å². The molecule has 0 spiro atoms. The molecule has 11 nitrogen and oxygen atoms in total. The molecule has 4 N–H and O–H groups in total. The fourth-order valence-electron chi connectivity index (χ4n) is 3.54. The maximum atomic E-state index is 12.3. The molecule has 1 aliphatic heterocycles. The lowest BCUT2D eigenvalue weighted by Crippen LogP contribution is -2.27. The van der Waals surface area contributed by atoms with Gasteiger partial charge in [0.2, 0.25) is 17.4 Å². The molecule has 0 unspecified atom stereocenters. The number of piperidine rings is 1. The summed E-state index contributed by atoms with van der Waals surface area (Å²) < 4.78 is 15.7. The number of nitrogen functional groups attached to an aromatic ring is 1. The summed E-state index contributed by atoms with van der Waals surface area (Å²) in [7, 11) is 0. The Bertz CT molecular complexity index is 997. The van der Waals surface area contributed by atoms with Gasteiger partial charge >= 0.3 is 6.01 Å². The summed E-state index contributed by atoms with van der Waals surface area (Å²) in [6.07, 6.45) is 4.84. The summed E-state index contributed by atoms with van der Waals surface area (Å²) in [5.74, 6) is 1.28. The molecule has 3 heterocycles. The van der Waals surface area contributed by atoms with Crippen LogP contribution in [-0.2, 0) is 11.2 Å². The fourth-order valence-corrected chi connectivity index (χ4v) is 3.54. The number of nitrogens with zero attached hydrogens (tertiary/aromatic N) is 4. The van der Waals surface area contributed by atoms with E-state index < -0.39 is 0 Å². The molecule has 0 atom stereocenters. The second-order valence-corrected chi connectivity index (χ2v) is 7.47. The van der Waals surface area contributed by atoms with Crippen molar-refractivity contribution in [3.8, 4) is 17.3 Å². The molecule has 1 saturated heterocycles. The number of benzene rings is 1. The van der Waals surface area contributed by atoms with Crippen LogP contribution >= 0.6 is 0 Å². The zero-order chi connectivity index (χ0) is 21.5. The monoisotopic (exact) mass is 427 g/mol. The number of carbonyl (C=O) groups is 1. The SMILES string of the molecule is Nc1nonc1-c1nnc(NC(=O)Cc2cccc(OCCCC3CCNCC3)c2)o1. The molecular formula is C20H25N7O4. The number of amides is 1. The summed E-state index contributed by atoms with van der Waals surface area (Å²) in [5.41, 5.74) is 6.52. The molecular weight excluding hydrogens is 402 g/mol. The van der Waals surface area contributed by atoms with Crippen molar-refractivity contribution in [1.29, 1.82) is 0 Å². The van der Waals surface area contributed by atoms with E-state index in [0.29, 0.717) is 6.61 Å². The minimum Gasteiger partial charge on any atom is -0.494 e. The van der Waals surface area contributed by atoms with Crippen LogP contribution in [0.15, 0.2) is 33.3 Å². The smallest absolute Gasteiger partial charge is 0.322 e. The van der Waals surface area contributed by atoms with Crippen LogP contribution in [0.25, 0.3) is 11.6 Å². The summed E-state index contributed by atoms with van der Waals surface area (Å²) in [6, 6.07) is 7.43. The quantitative estimate of drug-likeness (QED) is 0.432. The van der Waals surface area contributed by atoms with Crippen molar-refractivity contribution in [3.05, 3.63) is 29.8 Å². The number of hydrogen-bond acceptors (Lipinski definition) is 10. The van der Waals surface area contributed by atoms with Gasteiger partial charge in [0.05, 0.1) is 13.0 Å². The van der Waals surface area contributed by atoms with Gasteiger partial charge in [-0.1, -0.05) is 17.2 Å². The van der Waals surface area contributed by atoms with Gasteiger partial charge in [-0.2, -0.15) is 0 Å². The maximum absolute atomic E-state index is 12.3. The molecule has 164 valence electrons. The minimum absolute atomic E-state index is 0.00828. The van der Waals surface area contributed by atoms with Crippen LogP contribution < -0.4 is 21.1 Å². The highest BCUT2D eigenvalue weighted by atomic mass is 16.6. The van der Waals surface area contributed by atoms with Crippen LogP contribution in [0.2, 0.25) is 0 Å². The number of carbonyl (C=O) groups excluding carboxylic acids is 1. The number of aromatic nitrogens is 4. The highest BCUT2D eigenvalue weighted by Crippen LogP contribution is 2.22. The lowest BCUT2D eigenvalue weighted by atomic mass is 9.93. The van der Waals surface area contributed by atoms with Crippen LogP contribution in [0.1, 0.15) is 31.2 Å². The molecule has 0 bridgehead atoms. The molecule has 1 aliphatic rings. The van der Waals surface area contributed by atoms with Crippen LogP contribution in [0, 0.1) is 5.92 Å². The number of nitrogens with two attached hydrogens (primary N) is 1. The van der Waals surface area contributed by atoms with E-state index in [9.17, 15) is 4.79 Å². The largest absolute Gasteiger partial charge is 0.494 e. The zero-order valence-electron chi connectivity index (χ0n) is 17.0. The number of nitrogens with one attached hydrogen (secondary N) is 2. The van der Waals surface area contributed by atoms with Crippen LogP contribution in [-0.4, -0.2) is 46.1 Å². The van der Waals surface area contributed by atoms with Crippen molar-refractivity contribution in [2.45, 2.75) is 32.1 Å². The van der Waals surface area contributed by atoms with E-state index >= 15 is 0 Å². The molecule has 31 heavy (non-hydrogen) atoms. The molecule has 3 aromatic rings. The maximum Gasteiger partial charge on any atom is 0.322 e. The van der Waals surface area contributed by atoms with Gasteiger partial charge in [0.1, 0.15) is 5.75 Å². The van der Waals surface area contributed by atoms with E-state index in [1.807, 2.05) is 24.3 Å². The van der Waals surface area contributed by atoms with Gasteiger partial charge in [0.25, 0.3) is 5.89 Å². The Balaban J connectivity index is 1.24. The Morgan fingerprint density at radius 3 is 2.94 bits per heavy atom. The molecule has 1 aromatic carbocycles. The molecule has 0 aliphatic carbocycles. The Morgan fingerprint density at radius 2 is 2.13 bits per heavy atom. The topological polar surface area (TPSA) is 154 Å². The van der Waals surface area contributed by atoms with E-state index in [2.05, 4.69) is 35.8 Å². The van der Waals surface area contributed by atoms with Crippen molar-refractivity contribution in [1.82, 2.24) is 25.8 Å². The van der Waals surface area contributed by atoms with Gasteiger partial charge in [0, 0.05) is 0 Å². The first kappa shape index (κ1) is 20.8. The van der Waals surface area contributed by atoms with Gasteiger partial charge in [-0.15, -0.1) is 5.10 Å². The Hall–Kier alpha value is -3.47. The average molecular weight is 427 g/mol. The average Bonchev–Trinajstić information content (AvgIpc) is 3.40. The summed E-state index contributed by atoms with van der Waals surface area (Å²) in [6.45, 7) is 2.91. The van der Waals surface area contributed by atoms with Crippen molar-refractivity contribution in [2.24, 2.45) is 5.92 Å². The van der Waals surface area contributed by atoms with Gasteiger partial charge in [0.15, 0.2) is 0 Å². The van der Waals surface area contributed by atoms with E-state index in [0.717, 1.165) is 36.7 Å². The van der Waals surface area contributed by atoms with Gasteiger partial charge < -0.3 is 20.2 Å². The fraction of sp³-hybridized carbons (Fsp3) is 0.450. The van der Waals surface area contributed by atoms with E-state index in [4.69, 9.17) is 14.9 Å². The molecule has 2 aromatic heterocycles. The standard InChI is InChI=1S/C20H25N7O4/c21-18-17(26-31-27-18)19-24-25-20(30-19)23-16(28)12-14-3-1-5-15(11-14)29-10-2-4-13-6-8-22-9-7-13/h1,3,5,11,13,22H,2,4,6-10,12H2,(H2,21,27)(H,23,25,28). The summed E-state index contributed by atoms with van der Waals surface area (Å²) in [4.78, 5) is 12.3. The summed E-state index contributed by atoms with van der Waals surface area (Å²) in [5, 5.41) is 20.5. The molecule has 0 saturated carbocycles. The minimum atomic E-state index is -0.301. The number of rotatable bonds is 9. The van der Waals surface area contributed by atoms with Gasteiger partial charge in [-0.25, -0.2) is 4.63 Å². The predicted octanol–water partition coefficient (Wildman–Crippen LogP) is 2.04. The molecule has 11 heteroatoms. The first-order valence-corrected chi connectivity index (χ1v) is 10.3. The third-order valence-corrected chi connectivity index (χ3v) is 5.14. The number of hydrogen-bond donors (Lipinski definition) is 3. The molecule has 1 fully saturated rings. The highest BCUT2D eigenvalue weighted by Gasteiger charge is 2.18. The highest BCUT2D eigenvalue weighted by molar-refractivity contribution is 5.90. The van der Waals surface area contributed by atoms with Crippen molar-refractivity contribution < 1.29 is 18.6 Å². The lowest BCUT2D eigenvalue weighted by molar-refractivity contribution is -0.115. The second-order valence-electron chi connectivity index (χ2n) is 7.47. The van der Waals surface area contributed by atoms with Crippen LogP contribution in [0.4, 0.5) is 11.8 Å².